The van der Waals surface area contributed by atoms with Gasteiger partial charge in [0.1, 0.15) is 19.8 Å². The average Bonchev–Trinajstić information content (AvgIpc) is 3.22. The van der Waals surface area contributed by atoms with Crippen LogP contribution >= 0.6 is 7.82 Å². The van der Waals surface area contributed by atoms with Crippen molar-refractivity contribution in [3.8, 4) is 0 Å². The first kappa shape index (κ1) is 37.0. The van der Waals surface area contributed by atoms with Crippen LogP contribution in [-0.2, 0) is 32.7 Å². The summed E-state index contributed by atoms with van der Waals surface area (Å²) in [5.41, 5.74) is 0. The predicted molar refractivity (Wildman–Crippen MR) is 231 cm³/mol. The van der Waals surface area contributed by atoms with Crippen LogP contribution in [0.3, 0.4) is 0 Å². The molecule has 0 radical (unpaired) electrons. The number of hydrogen-bond donors (Lipinski definition) is 0. The van der Waals surface area contributed by atoms with Crippen LogP contribution in [-0.4, -0.2) is 70.0 Å². The summed E-state index contributed by atoms with van der Waals surface area (Å²) in [5.74, 6) is -1.05. The molecule has 326 valence electrons. The van der Waals surface area contributed by atoms with Crippen LogP contribution in [0.4, 0.5) is 0 Å². The number of ether oxygens (including phenoxy) is 2. The van der Waals surface area contributed by atoms with Gasteiger partial charge >= 0.3 is 11.9 Å². The van der Waals surface area contributed by atoms with Gasteiger partial charge < -0.3 is 27.9 Å². The Labute approximate surface area is 359 Å². The molecule has 0 amide bonds. The molecule has 0 aromatic carbocycles. The van der Waals surface area contributed by atoms with Crippen LogP contribution in [0.5, 0.6) is 0 Å². The lowest BCUT2D eigenvalue weighted by molar-refractivity contribution is -0.870. The van der Waals surface area contributed by atoms with E-state index in [-0.39, 0.29) is 32.5 Å². The fourth-order valence-corrected chi connectivity index (χ4v) is 6.06. The van der Waals surface area contributed by atoms with Crippen molar-refractivity contribution < 1.29 is 57.1 Å². The molecule has 0 saturated carbocycles. The van der Waals surface area contributed by atoms with Gasteiger partial charge in [-0.05, 0) is 51.3 Å². The van der Waals surface area contributed by atoms with Gasteiger partial charge in [0.15, 0.2) is 6.10 Å². The van der Waals surface area contributed by atoms with Gasteiger partial charge in [0.05, 0.1) is 27.7 Å². The zero-order chi connectivity index (χ0) is 51.1. The van der Waals surface area contributed by atoms with Crippen LogP contribution < -0.4 is 4.89 Å². The van der Waals surface area contributed by atoms with Gasteiger partial charge in [-0.25, -0.2) is 0 Å². The van der Waals surface area contributed by atoms with Gasteiger partial charge in [0.2, 0.25) is 0 Å². The molecule has 56 heavy (non-hydrogen) atoms. The monoisotopic (exact) mass is 821 g/mol. The Bertz CT molecular complexity index is 1530. The van der Waals surface area contributed by atoms with Crippen LogP contribution in [0.2, 0.25) is 0 Å². The molecule has 0 aromatic rings. The van der Waals surface area contributed by atoms with Crippen molar-refractivity contribution in [1.29, 1.82) is 0 Å². The summed E-state index contributed by atoms with van der Waals surface area (Å²) in [4.78, 5) is 37.6. The van der Waals surface area contributed by atoms with E-state index >= 15 is 0 Å². The highest BCUT2D eigenvalue weighted by Crippen LogP contribution is 2.38. The Balaban J connectivity index is 4.75. The maximum Gasteiger partial charge on any atom is 0.306 e. The number of quaternary nitrogens is 1. The minimum Gasteiger partial charge on any atom is -0.756 e. The largest absolute Gasteiger partial charge is 0.756 e. The minimum absolute atomic E-state index is 0.0364. The second kappa shape index (κ2) is 38.5. The van der Waals surface area contributed by atoms with Crippen molar-refractivity contribution in [1.82, 2.24) is 0 Å². The standard InChI is InChI=1S/C46H84NO8P/c1-6-8-10-12-14-16-18-20-22-23-25-27-29-31-33-35-37-39-46(49)55-44(43-54-56(50,51)53-41-40-47(3,4)5)42-52-45(48)38-36-34-32-30-28-26-24-21-19-17-15-13-11-9-7-2/h14,16,20,22,25,27,31,33,44H,6-13,15,17-19,21,23-24,26,28-30,32,34-43H2,1-5H3/b16-14-,22-20-,27-25-,33-31-/t44-/m1/s1/i1D3,6D2,8D2,10D2,12D2. The van der Waals surface area contributed by atoms with Crippen LogP contribution in [0.25, 0.3) is 0 Å². The average molecular weight is 821 g/mol. The highest BCUT2D eigenvalue weighted by atomic mass is 31.2. The van der Waals surface area contributed by atoms with E-state index in [1.165, 1.54) is 76.7 Å². The first-order valence-corrected chi connectivity index (χ1v) is 22.5. The van der Waals surface area contributed by atoms with Crippen molar-refractivity contribution in [2.45, 2.75) is 187 Å². The van der Waals surface area contributed by atoms with E-state index < -0.39 is 64.8 Å². The Morgan fingerprint density at radius 1 is 0.679 bits per heavy atom. The number of esters is 2. The molecule has 0 rings (SSSR count). The van der Waals surface area contributed by atoms with Crippen LogP contribution in [0.15, 0.2) is 48.6 Å². The van der Waals surface area contributed by atoms with Crippen molar-refractivity contribution in [2.24, 2.45) is 0 Å². The number of unbranched alkanes of at least 4 members (excludes halogenated alkanes) is 15. The number of rotatable bonds is 40. The number of hydrogen-bond acceptors (Lipinski definition) is 8. The Hall–Kier alpha value is -2.03. The van der Waals surface area contributed by atoms with Gasteiger partial charge in [-0.1, -0.05) is 165 Å². The summed E-state index contributed by atoms with van der Waals surface area (Å²) in [7, 11) is 0.943. The summed E-state index contributed by atoms with van der Waals surface area (Å²) in [5, 5.41) is 0. The number of phosphoric ester groups is 1. The SMILES string of the molecule is [2H]C([2H])([2H])C([2H])([2H])C([2H])([2H])C([2H])([2H])C([2H])([2H])/C=C\C/C=C\C/C=C\C/C=C\CCCC(=O)O[C@H](COC(=O)CCCCCCCCCCCCCCCCC)COP(=O)([O-])OCC[N+](C)(C)C. The molecule has 0 aliphatic rings. The van der Waals surface area contributed by atoms with Crippen LogP contribution in [0.1, 0.15) is 196 Å². The molecule has 9 nitrogen and oxygen atoms in total. The second-order valence-electron chi connectivity index (χ2n) is 15.0. The summed E-state index contributed by atoms with van der Waals surface area (Å²) in [6.45, 7) is -1.87. The van der Waals surface area contributed by atoms with Crippen molar-refractivity contribution >= 4 is 19.8 Å². The van der Waals surface area contributed by atoms with E-state index in [2.05, 4.69) is 6.92 Å². The number of allylic oxidation sites excluding steroid dienone is 8. The molecule has 2 atom stereocenters. The summed E-state index contributed by atoms with van der Waals surface area (Å²) >= 11 is 0. The topological polar surface area (TPSA) is 111 Å². The Morgan fingerprint density at radius 2 is 1.20 bits per heavy atom. The smallest absolute Gasteiger partial charge is 0.306 e. The zero-order valence-electron chi connectivity index (χ0n) is 46.2. The van der Waals surface area contributed by atoms with Gasteiger partial charge in [0, 0.05) is 27.9 Å². The normalized spacial score (nSPS) is 18.2. The number of carbonyl (C=O) groups excluding carboxylic acids is 2. The molecule has 0 saturated heterocycles. The zero-order valence-corrected chi connectivity index (χ0v) is 36.1. The molecule has 0 spiro atoms. The van der Waals surface area contributed by atoms with Crippen molar-refractivity contribution in [2.75, 3.05) is 47.5 Å². The highest BCUT2D eigenvalue weighted by molar-refractivity contribution is 7.45. The molecule has 0 bridgehead atoms. The molecule has 0 aliphatic carbocycles. The van der Waals surface area contributed by atoms with E-state index in [0.717, 1.165) is 25.3 Å². The van der Waals surface area contributed by atoms with Crippen LogP contribution in [0, 0.1) is 0 Å². The maximum atomic E-state index is 12.7. The van der Waals surface area contributed by atoms with E-state index in [0.29, 0.717) is 43.1 Å². The van der Waals surface area contributed by atoms with Crippen molar-refractivity contribution in [3.63, 3.8) is 0 Å². The Morgan fingerprint density at radius 3 is 1.75 bits per heavy atom. The molecular formula is C46H84NO8P. The summed E-state index contributed by atoms with van der Waals surface area (Å²) < 4.78 is 119. The summed E-state index contributed by atoms with van der Waals surface area (Å²) in [6, 6.07) is 0. The van der Waals surface area contributed by atoms with Gasteiger partial charge in [-0.3, -0.25) is 14.2 Å². The first-order valence-electron chi connectivity index (χ1n) is 26.5. The van der Waals surface area contributed by atoms with E-state index in [1.54, 1.807) is 12.2 Å². The molecule has 1 unspecified atom stereocenters. The Kier molecular flexibility index (Phi) is 25.4. The van der Waals surface area contributed by atoms with Gasteiger partial charge in [-0.15, -0.1) is 0 Å². The van der Waals surface area contributed by atoms with Gasteiger partial charge in [-0.2, -0.15) is 0 Å². The molecule has 0 aliphatic heterocycles. The quantitative estimate of drug-likeness (QED) is 0.0197. The molecule has 0 aromatic heterocycles. The fraction of sp³-hybridized carbons (Fsp3) is 0.783. The van der Waals surface area contributed by atoms with Gasteiger partial charge in [0.25, 0.3) is 7.82 Å². The number of likely N-dealkylation sites (N-methyl/N-ethyl adjacent to an activating group) is 1. The number of nitrogens with zero attached hydrogens (tertiary/aromatic N) is 1. The highest BCUT2D eigenvalue weighted by Gasteiger charge is 2.21. The molecule has 0 heterocycles. The lowest BCUT2D eigenvalue weighted by Gasteiger charge is -2.28. The lowest BCUT2D eigenvalue weighted by atomic mass is 10.0. The molecule has 0 fully saturated rings. The molecular weight excluding hydrogens is 725 g/mol. The summed E-state index contributed by atoms with van der Waals surface area (Å²) in [6.07, 6.45) is 18.8. The number of phosphoric acid groups is 1. The lowest BCUT2D eigenvalue weighted by Crippen LogP contribution is -2.37. The predicted octanol–water partition coefficient (Wildman–Crippen LogP) is 12.1. The second-order valence-corrected chi connectivity index (χ2v) is 16.4. The van der Waals surface area contributed by atoms with Crippen molar-refractivity contribution in [3.05, 3.63) is 48.6 Å². The third-order valence-electron chi connectivity index (χ3n) is 8.61. The molecule has 0 N–H and O–H groups in total. The maximum absolute atomic E-state index is 12.7. The minimum atomic E-state index is -4.71. The van der Waals surface area contributed by atoms with E-state index in [4.69, 9.17) is 33.6 Å². The third-order valence-corrected chi connectivity index (χ3v) is 9.57. The fourth-order valence-electron chi connectivity index (χ4n) is 5.33. The van der Waals surface area contributed by atoms with E-state index in [9.17, 15) is 19.0 Å². The third kappa shape index (κ3) is 41.6. The van der Waals surface area contributed by atoms with E-state index in [1.807, 2.05) is 45.4 Å². The number of carbonyl (C=O) groups is 2. The first-order chi connectivity index (χ1) is 31.1. The molecule has 10 heteroatoms.